The van der Waals surface area contributed by atoms with Gasteiger partial charge in [0.2, 0.25) is 0 Å². The fourth-order valence-corrected chi connectivity index (χ4v) is 2.05. The molecule has 1 unspecified atom stereocenters. The van der Waals surface area contributed by atoms with Crippen LogP contribution < -0.4 is 5.84 Å². The van der Waals surface area contributed by atoms with Crippen molar-refractivity contribution in [3.8, 4) is 0 Å². The number of hydrazine groups is 1. The zero-order valence-electron chi connectivity index (χ0n) is 9.39. The van der Waals surface area contributed by atoms with Crippen molar-refractivity contribution in [3.05, 3.63) is 47.5 Å². The number of nitrogens with two attached hydrogens (primary N) is 1. The number of hydrogen-bond donors (Lipinski definition) is 1. The van der Waals surface area contributed by atoms with Gasteiger partial charge < -0.3 is 0 Å². The molecule has 1 aromatic carbocycles. The average molecular weight is 216 g/mol. The summed E-state index contributed by atoms with van der Waals surface area (Å²) >= 11 is 0. The summed E-state index contributed by atoms with van der Waals surface area (Å²) in [6, 6.07) is 7.76. The molecule has 1 aliphatic heterocycles. The van der Waals surface area contributed by atoms with Gasteiger partial charge in [-0.2, -0.15) is 0 Å². The van der Waals surface area contributed by atoms with E-state index in [9.17, 15) is 4.79 Å². The van der Waals surface area contributed by atoms with Crippen LogP contribution in [-0.2, 0) is 6.42 Å². The maximum Gasteiger partial charge on any atom is 0.268 e. The molecule has 3 heteroatoms. The molecule has 3 nitrogen and oxygen atoms in total. The maximum atomic E-state index is 12.0. The van der Waals surface area contributed by atoms with Crippen LogP contribution in [0.1, 0.15) is 29.3 Å². The lowest BCUT2D eigenvalue weighted by atomic mass is 9.93. The summed E-state index contributed by atoms with van der Waals surface area (Å²) in [4.78, 5) is 12.0. The Morgan fingerprint density at radius 2 is 2.25 bits per heavy atom. The van der Waals surface area contributed by atoms with Crippen LogP contribution in [0.25, 0.3) is 0 Å². The predicted molar refractivity (Wildman–Crippen MR) is 63.7 cm³/mol. The highest BCUT2D eigenvalue weighted by Crippen LogP contribution is 2.22. The summed E-state index contributed by atoms with van der Waals surface area (Å²) < 4.78 is 0. The normalized spacial score (nSPS) is 20.2. The number of amides is 1. The van der Waals surface area contributed by atoms with Gasteiger partial charge in [0.05, 0.1) is 6.04 Å². The molecule has 1 aliphatic rings. The van der Waals surface area contributed by atoms with E-state index in [-0.39, 0.29) is 11.9 Å². The summed E-state index contributed by atoms with van der Waals surface area (Å²) in [6.07, 6.45) is 5.68. The van der Waals surface area contributed by atoms with Gasteiger partial charge in [-0.1, -0.05) is 30.4 Å². The van der Waals surface area contributed by atoms with E-state index >= 15 is 0 Å². The second-order valence-electron chi connectivity index (χ2n) is 4.03. The Balaban J connectivity index is 2.28. The van der Waals surface area contributed by atoms with Crippen molar-refractivity contribution in [3.63, 3.8) is 0 Å². The van der Waals surface area contributed by atoms with Crippen LogP contribution in [0.4, 0.5) is 0 Å². The third-order valence-corrected chi connectivity index (χ3v) is 2.98. The Kier molecular flexibility index (Phi) is 3.06. The van der Waals surface area contributed by atoms with Gasteiger partial charge in [0.25, 0.3) is 5.91 Å². The molecule has 1 atom stereocenters. The van der Waals surface area contributed by atoms with E-state index in [1.807, 2.05) is 43.3 Å². The minimum absolute atomic E-state index is 0.0728. The highest BCUT2D eigenvalue weighted by atomic mass is 16.2. The molecule has 2 N–H and O–H groups in total. The van der Waals surface area contributed by atoms with Crippen LogP contribution in [0.2, 0.25) is 0 Å². The van der Waals surface area contributed by atoms with Crippen molar-refractivity contribution in [2.75, 3.05) is 0 Å². The molecular weight excluding hydrogens is 200 g/mol. The average Bonchev–Trinajstić information content (AvgIpc) is 2.32. The summed E-state index contributed by atoms with van der Waals surface area (Å²) in [5.74, 6) is 5.76. The molecule has 84 valence electrons. The summed E-state index contributed by atoms with van der Waals surface area (Å²) in [7, 11) is 0. The van der Waals surface area contributed by atoms with Crippen molar-refractivity contribution in [2.45, 2.75) is 25.8 Å². The lowest BCUT2D eigenvalue weighted by Gasteiger charge is -2.32. The Labute approximate surface area is 95.5 Å². The largest absolute Gasteiger partial charge is 0.273 e. The van der Waals surface area contributed by atoms with E-state index < -0.39 is 0 Å². The summed E-state index contributed by atoms with van der Waals surface area (Å²) in [5, 5.41) is 1.36. The van der Waals surface area contributed by atoms with E-state index in [4.69, 9.17) is 5.84 Å². The van der Waals surface area contributed by atoms with Gasteiger partial charge in [-0.25, -0.2) is 5.84 Å². The van der Waals surface area contributed by atoms with E-state index in [0.717, 1.165) is 24.0 Å². The SMILES string of the molecule is CC=CCC1Cc2ccccc2C(=O)N1N. The molecule has 0 saturated heterocycles. The highest BCUT2D eigenvalue weighted by Gasteiger charge is 2.28. The summed E-state index contributed by atoms with van der Waals surface area (Å²) in [6.45, 7) is 1.97. The number of hydrogen-bond acceptors (Lipinski definition) is 2. The molecule has 0 radical (unpaired) electrons. The van der Waals surface area contributed by atoms with Gasteiger partial charge in [0.15, 0.2) is 0 Å². The lowest BCUT2D eigenvalue weighted by molar-refractivity contribution is 0.0651. The molecule has 1 aromatic rings. The molecule has 2 rings (SSSR count). The first-order valence-electron chi connectivity index (χ1n) is 5.51. The maximum absolute atomic E-state index is 12.0. The zero-order chi connectivity index (χ0) is 11.5. The van der Waals surface area contributed by atoms with Crippen LogP contribution in [-0.4, -0.2) is 17.0 Å². The van der Waals surface area contributed by atoms with Gasteiger partial charge >= 0.3 is 0 Å². The molecule has 0 aromatic heterocycles. The molecular formula is C13H16N2O. The highest BCUT2D eigenvalue weighted by molar-refractivity contribution is 5.96. The van der Waals surface area contributed by atoms with E-state index in [1.165, 1.54) is 5.01 Å². The van der Waals surface area contributed by atoms with E-state index in [1.54, 1.807) is 0 Å². The number of carbonyl (C=O) groups is 1. The molecule has 1 heterocycles. The minimum atomic E-state index is -0.0728. The molecule has 0 fully saturated rings. The zero-order valence-corrected chi connectivity index (χ0v) is 9.39. The van der Waals surface area contributed by atoms with Gasteiger partial charge in [-0.15, -0.1) is 0 Å². The van der Waals surface area contributed by atoms with Crippen molar-refractivity contribution in [1.82, 2.24) is 5.01 Å². The lowest BCUT2D eigenvalue weighted by Crippen LogP contribution is -2.49. The Bertz CT molecular complexity index is 426. The number of rotatable bonds is 2. The third kappa shape index (κ3) is 1.86. The topological polar surface area (TPSA) is 46.3 Å². The fraction of sp³-hybridized carbons (Fsp3) is 0.308. The predicted octanol–water partition coefficient (Wildman–Crippen LogP) is 1.89. The molecule has 16 heavy (non-hydrogen) atoms. The van der Waals surface area contributed by atoms with Crippen molar-refractivity contribution in [2.24, 2.45) is 5.84 Å². The quantitative estimate of drug-likeness (QED) is 0.466. The van der Waals surface area contributed by atoms with E-state index in [2.05, 4.69) is 0 Å². The number of fused-ring (bicyclic) bond motifs is 1. The van der Waals surface area contributed by atoms with Gasteiger partial charge in [0.1, 0.15) is 0 Å². The monoisotopic (exact) mass is 216 g/mol. The standard InChI is InChI=1S/C13H16N2O/c1-2-3-7-11-9-10-6-4-5-8-12(10)13(16)15(11)14/h2-6,8,11H,7,9,14H2,1H3. The minimum Gasteiger partial charge on any atom is -0.273 e. The second-order valence-corrected chi connectivity index (χ2v) is 4.03. The Morgan fingerprint density at radius 3 is 3.00 bits per heavy atom. The Hall–Kier alpha value is -1.61. The third-order valence-electron chi connectivity index (χ3n) is 2.98. The number of nitrogens with zero attached hydrogens (tertiary/aromatic N) is 1. The van der Waals surface area contributed by atoms with Gasteiger partial charge in [-0.05, 0) is 31.4 Å². The van der Waals surface area contributed by atoms with Crippen molar-refractivity contribution >= 4 is 5.91 Å². The summed E-state index contributed by atoms with van der Waals surface area (Å²) in [5.41, 5.74) is 1.84. The molecule has 0 spiro atoms. The van der Waals surface area contributed by atoms with Gasteiger partial charge in [-0.3, -0.25) is 9.80 Å². The first-order valence-corrected chi connectivity index (χ1v) is 5.51. The van der Waals surface area contributed by atoms with Crippen LogP contribution in [0.5, 0.6) is 0 Å². The smallest absolute Gasteiger partial charge is 0.268 e. The number of allylic oxidation sites excluding steroid dienone is 1. The van der Waals surface area contributed by atoms with Crippen molar-refractivity contribution in [1.29, 1.82) is 0 Å². The molecule has 0 aliphatic carbocycles. The van der Waals surface area contributed by atoms with E-state index in [0.29, 0.717) is 0 Å². The Morgan fingerprint density at radius 1 is 1.50 bits per heavy atom. The fourth-order valence-electron chi connectivity index (χ4n) is 2.05. The number of benzene rings is 1. The van der Waals surface area contributed by atoms with Crippen LogP contribution in [0.15, 0.2) is 36.4 Å². The number of carbonyl (C=O) groups excluding carboxylic acids is 1. The second kappa shape index (κ2) is 4.49. The first-order chi connectivity index (χ1) is 7.74. The molecule has 0 bridgehead atoms. The van der Waals surface area contributed by atoms with Crippen LogP contribution in [0.3, 0.4) is 0 Å². The first kappa shape index (κ1) is 10.9. The van der Waals surface area contributed by atoms with Crippen molar-refractivity contribution < 1.29 is 4.79 Å². The van der Waals surface area contributed by atoms with Crippen LogP contribution in [0, 0.1) is 0 Å². The van der Waals surface area contributed by atoms with Gasteiger partial charge in [0, 0.05) is 5.56 Å². The molecule has 1 amide bonds. The molecule has 0 saturated carbocycles. The van der Waals surface area contributed by atoms with Crippen LogP contribution >= 0.6 is 0 Å².